The fourth-order valence-corrected chi connectivity index (χ4v) is 3.76. The summed E-state index contributed by atoms with van der Waals surface area (Å²) in [5.41, 5.74) is 2.37. The Kier molecular flexibility index (Phi) is 6.94. The third-order valence-corrected chi connectivity index (χ3v) is 5.32. The van der Waals surface area contributed by atoms with Crippen LogP contribution in [-0.2, 0) is 4.79 Å². The van der Waals surface area contributed by atoms with E-state index in [1.54, 1.807) is 36.9 Å². The number of amidine groups is 2. The summed E-state index contributed by atoms with van der Waals surface area (Å²) in [7, 11) is 1.59. The van der Waals surface area contributed by atoms with E-state index < -0.39 is 5.91 Å². The number of thioether (sulfide) groups is 1. The summed E-state index contributed by atoms with van der Waals surface area (Å²) >= 11 is 1.20. The largest absolute Gasteiger partial charge is 0.493 e. The highest BCUT2D eigenvalue weighted by Gasteiger charge is 2.32. The highest BCUT2D eigenvalue weighted by Crippen LogP contribution is 2.31. The number of fused-ring (bicyclic) bond motifs is 1. The topological polar surface area (TPSA) is 106 Å². The monoisotopic (exact) mass is 466 g/mol. The summed E-state index contributed by atoms with van der Waals surface area (Å²) < 4.78 is 22.6. The summed E-state index contributed by atoms with van der Waals surface area (Å²) in [5, 5.41) is 14.1. The molecule has 1 amide bonds. The molecule has 0 radical (unpaired) electrons. The molecule has 2 heterocycles. The number of amides is 1. The molecule has 2 aromatic carbocycles. The van der Waals surface area contributed by atoms with Gasteiger partial charge in [0.2, 0.25) is 0 Å². The first kappa shape index (κ1) is 22.4. The molecule has 0 aliphatic carbocycles. The van der Waals surface area contributed by atoms with Gasteiger partial charge in [-0.2, -0.15) is 15.1 Å². The lowest BCUT2D eigenvalue weighted by Crippen LogP contribution is -2.35. The molecule has 0 spiro atoms. The van der Waals surface area contributed by atoms with Crippen LogP contribution in [0.15, 0.2) is 58.1 Å². The average molecular weight is 467 g/mol. The molecule has 2 aromatic rings. The molecule has 1 N–H and O–H groups in total. The number of ether oxygens (including phenoxy) is 4. The van der Waals surface area contributed by atoms with Crippen molar-refractivity contribution in [2.24, 2.45) is 10.1 Å². The molecular formula is C23H22N4O5S. The van der Waals surface area contributed by atoms with Crippen LogP contribution in [0.5, 0.6) is 23.0 Å². The highest BCUT2D eigenvalue weighted by atomic mass is 32.2. The van der Waals surface area contributed by atoms with Crippen LogP contribution in [0.1, 0.15) is 12.5 Å². The van der Waals surface area contributed by atoms with Crippen molar-refractivity contribution < 1.29 is 23.7 Å². The predicted octanol–water partition coefficient (Wildman–Crippen LogP) is 3.80. The van der Waals surface area contributed by atoms with Gasteiger partial charge in [-0.05, 0) is 54.6 Å². The van der Waals surface area contributed by atoms with E-state index in [1.165, 1.54) is 16.8 Å². The number of carbonyl (C=O) groups is 1. The van der Waals surface area contributed by atoms with Crippen LogP contribution >= 0.6 is 11.8 Å². The standard InChI is InChI=1S/C23H22N4O5S/c1-3-30-20-13-15(12-16-21(24)27-23(26-22(16)28)33-14-25-27)8-9-19(20)32-11-10-31-18-7-5-4-6-17(18)29-2/h4-9,12-14,24H,3,10-11H2,1-2H3/b16-12-,24-21?. The van der Waals surface area contributed by atoms with Crippen LogP contribution in [-0.4, -0.2) is 54.4 Å². The van der Waals surface area contributed by atoms with Gasteiger partial charge in [0.05, 0.1) is 24.8 Å². The Labute approximate surface area is 195 Å². The fraction of sp³-hybridized carbons (Fsp3) is 0.217. The maximum atomic E-state index is 12.4. The van der Waals surface area contributed by atoms with Crippen LogP contribution in [0.2, 0.25) is 0 Å². The van der Waals surface area contributed by atoms with Crippen molar-refractivity contribution in [1.29, 1.82) is 5.41 Å². The SMILES string of the molecule is CCOc1cc(/C=C2/C(=N)N3N=CSC3=NC2=O)ccc1OCCOc1ccccc1OC. The number of para-hydroxylation sites is 2. The van der Waals surface area contributed by atoms with Crippen LogP contribution in [0.4, 0.5) is 0 Å². The minimum atomic E-state index is -0.476. The molecule has 0 bridgehead atoms. The Morgan fingerprint density at radius 3 is 2.48 bits per heavy atom. The zero-order valence-electron chi connectivity index (χ0n) is 18.1. The van der Waals surface area contributed by atoms with E-state index in [0.717, 1.165) is 0 Å². The molecule has 0 atom stereocenters. The van der Waals surface area contributed by atoms with E-state index in [2.05, 4.69) is 10.1 Å². The van der Waals surface area contributed by atoms with Crippen LogP contribution < -0.4 is 18.9 Å². The van der Waals surface area contributed by atoms with Crippen LogP contribution in [0.3, 0.4) is 0 Å². The Morgan fingerprint density at radius 2 is 1.76 bits per heavy atom. The minimum Gasteiger partial charge on any atom is -0.493 e. The number of benzene rings is 2. The van der Waals surface area contributed by atoms with E-state index in [0.29, 0.717) is 53.5 Å². The van der Waals surface area contributed by atoms with E-state index in [9.17, 15) is 4.79 Å². The Balaban J connectivity index is 1.45. The summed E-state index contributed by atoms with van der Waals surface area (Å²) in [4.78, 5) is 16.4. The first-order chi connectivity index (χ1) is 16.1. The van der Waals surface area contributed by atoms with Crippen LogP contribution in [0, 0.1) is 5.41 Å². The van der Waals surface area contributed by atoms with Gasteiger partial charge in [-0.15, -0.1) is 0 Å². The number of rotatable bonds is 9. The van der Waals surface area contributed by atoms with Crippen molar-refractivity contribution in [2.45, 2.75) is 6.92 Å². The first-order valence-corrected chi connectivity index (χ1v) is 11.1. The quantitative estimate of drug-likeness (QED) is 0.443. The van der Waals surface area contributed by atoms with Crippen molar-refractivity contribution in [3.63, 3.8) is 0 Å². The molecule has 2 aliphatic rings. The summed E-state index contributed by atoms with van der Waals surface area (Å²) in [6.45, 7) is 2.93. The third kappa shape index (κ3) is 5.01. The highest BCUT2D eigenvalue weighted by molar-refractivity contribution is 8.25. The second-order valence-corrected chi connectivity index (χ2v) is 7.56. The molecule has 0 aromatic heterocycles. The Hall–Kier alpha value is -3.79. The maximum Gasteiger partial charge on any atom is 0.283 e. The third-order valence-electron chi connectivity index (χ3n) is 4.64. The van der Waals surface area contributed by atoms with Crippen molar-refractivity contribution in [2.75, 3.05) is 26.9 Å². The number of carbonyl (C=O) groups excluding carboxylic acids is 1. The molecule has 170 valence electrons. The van der Waals surface area contributed by atoms with Crippen molar-refractivity contribution in [3.05, 3.63) is 53.6 Å². The molecule has 4 rings (SSSR count). The number of hydrogen-bond acceptors (Lipinski definition) is 8. The summed E-state index contributed by atoms with van der Waals surface area (Å²) in [6, 6.07) is 12.7. The minimum absolute atomic E-state index is 0.0157. The lowest BCUT2D eigenvalue weighted by Gasteiger charge is -2.20. The molecule has 9 nitrogen and oxygen atoms in total. The van der Waals surface area contributed by atoms with Gasteiger partial charge in [0.25, 0.3) is 5.91 Å². The van der Waals surface area contributed by atoms with Gasteiger partial charge in [0.1, 0.15) is 13.2 Å². The van der Waals surface area contributed by atoms with Gasteiger partial charge < -0.3 is 18.9 Å². The van der Waals surface area contributed by atoms with E-state index in [1.807, 2.05) is 31.2 Å². The number of nitrogens with one attached hydrogen (secondary N) is 1. The molecule has 0 fully saturated rings. The van der Waals surface area contributed by atoms with Crippen molar-refractivity contribution in [1.82, 2.24) is 5.01 Å². The van der Waals surface area contributed by atoms with Gasteiger partial charge in [0, 0.05) is 0 Å². The zero-order valence-corrected chi connectivity index (χ0v) is 18.9. The second-order valence-electron chi connectivity index (χ2n) is 6.74. The number of nitrogens with zero attached hydrogens (tertiary/aromatic N) is 3. The molecule has 0 saturated carbocycles. The summed E-state index contributed by atoms with van der Waals surface area (Å²) in [6.07, 6.45) is 1.60. The van der Waals surface area contributed by atoms with E-state index in [-0.39, 0.29) is 11.4 Å². The number of hydrogen-bond donors (Lipinski definition) is 1. The van der Waals surface area contributed by atoms with Crippen LogP contribution in [0.25, 0.3) is 6.08 Å². The number of aliphatic imine (C=N–C) groups is 1. The maximum absolute atomic E-state index is 12.4. The molecule has 0 unspecified atom stereocenters. The molecular weight excluding hydrogens is 444 g/mol. The average Bonchev–Trinajstić information content (AvgIpc) is 3.29. The zero-order chi connectivity index (χ0) is 23.2. The Bertz CT molecular complexity index is 1160. The van der Waals surface area contributed by atoms with Crippen molar-refractivity contribution >= 4 is 40.3 Å². The van der Waals surface area contributed by atoms with Crippen molar-refractivity contribution in [3.8, 4) is 23.0 Å². The fourth-order valence-electron chi connectivity index (χ4n) is 3.15. The van der Waals surface area contributed by atoms with Gasteiger partial charge in [0.15, 0.2) is 34.0 Å². The van der Waals surface area contributed by atoms with E-state index in [4.69, 9.17) is 24.4 Å². The summed E-state index contributed by atoms with van der Waals surface area (Å²) in [5.74, 6) is 1.88. The molecule has 33 heavy (non-hydrogen) atoms. The number of hydrazone groups is 1. The lowest BCUT2D eigenvalue weighted by atomic mass is 10.1. The molecule has 0 saturated heterocycles. The van der Waals surface area contributed by atoms with Gasteiger partial charge in [-0.3, -0.25) is 10.2 Å². The van der Waals surface area contributed by atoms with Gasteiger partial charge in [-0.25, -0.2) is 0 Å². The first-order valence-electron chi connectivity index (χ1n) is 10.2. The lowest BCUT2D eigenvalue weighted by molar-refractivity contribution is -0.114. The normalized spacial score (nSPS) is 16.0. The van der Waals surface area contributed by atoms with Gasteiger partial charge >= 0.3 is 0 Å². The molecule has 2 aliphatic heterocycles. The number of methoxy groups -OCH3 is 1. The van der Waals surface area contributed by atoms with Gasteiger partial charge in [-0.1, -0.05) is 18.2 Å². The van der Waals surface area contributed by atoms with E-state index >= 15 is 0 Å². The second kappa shape index (κ2) is 10.2. The molecule has 10 heteroatoms. The Morgan fingerprint density at radius 1 is 1.03 bits per heavy atom. The predicted molar refractivity (Wildman–Crippen MR) is 128 cm³/mol. The smallest absolute Gasteiger partial charge is 0.283 e.